The van der Waals surface area contributed by atoms with E-state index in [-0.39, 0.29) is 11.3 Å². The van der Waals surface area contributed by atoms with Crippen LogP contribution in [-0.2, 0) is 4.79 Å². The van der Waals surface area contributed by atoms with Gasteiger partial charge in [0.1, 0.15) is 0 Å². The van der Waals surface area contributed by atoms with Gasteiger partial charge in [-0.05, 0) is 51.2 Å². The number of carboxylic acid groups (broad SMARTS) is 1. The zero-order chi connectivity index (χ0) is 10.9. The molecule has 15 heavy (non-hydrogen) atoms. The number of rotatable bonds is 1. The molecule has 86 valence electrons. The third-order valence-electron chi connectivity index (χ3n) is 4.44. The van der Waals surface area contributed by atoms with Crippen LogP contribution in [0.5, 0.6) is 0 Å². The fourth-order valence-electron chi connectivity index (χ4n) is 3.35. The van der Waals surface area contributed by atoms with E-state index in [0.29, 0.717) is 0 Å². The Balaban J connectivity index is 2.12. The van der Waals surface area contributed by atoms with Crippen molar-refractivity contribution in [3.05, 3.63) is 0 Å². The van der Waals surface area contributed by atoms with Crippen LogP contribution in [0.1, 0.15) is 38.5 Å². The van der Waals surface area contributed by atoms with Crippen LogP contribution in [-0.4, -0.2) is 36.1 Å². The largest absolute Gasteiger partial charge is 0.481 e. The molecule has 0 bridgehead atoms. The van der Waals surface area contributed by atoms with Crippen LogP contribution in [0.4, 0.5) is 0 Å². The van der Waals surface area contributed by atoms with Crippen molar-refractivity contribution in [1.82, 2.24) is 4.90 Å². The van der Waals surface area contributed by atoms with Gasteiger partial charge in [-0.3, -0.25) is 4.79 Å². The topological polar surface area (TPSA) is 40.5 Å². The van der Waals surface area contributed by atoms with Crippen LogP contribution < -0.4 is 0 Å². The Kier molecular flexibility index (Phi) is 3.01. The minimum absolute atomic E-state index is 0.0695. The second-order valence-electron chi connectivity index (χ2n) is 5.30. The average Bonchev–Trinajstić information content (AvgIpc) is 2.23. The van der Waals surface area contributed by atoms with Crippen molar-refractivity contribution < 1.29 is 9.90 Å². The maximum Gasteiger partial charge on any atom is 0.307 e. The van der Waals surface area contributed by atoms with Crippen molar-refractivity contribution in [2.24, 2.45) is 11.3 Å². The normalized spacial score (nSPS) is 31.7. The number of carboxylic acids is 1. The molecule has 1 aliphatic carbocycles. The first-order valence-corrected chi connectivity index (χ1v) is 6.05. The molecule has 1 aliphatic heterocycles. The lowest BCUT2D eigenvalue weighted by atomic mass is 9.61. The molecule has 3 nitrogen and oxygen atoms in total. The molecule has 0 radical (unpaired) electrons. The molecule has 1 unspecified atom stereocenters. The molecule has 1 heterocycles. The van der Waals surface area contributed by atoms with E-state index in [0.717, 1.165) is 45.2 Å². The predicted molar refractivity (Wildman–Crippen MR) is 58.8 cm³/mol. The summed E-state index contributed by atoms with van der Waals surface area (Å²) in [4.78, 5) is 13.6. The number of carbonyl (C=O) groups is 1. The summed E-state index contributed by atoms with van der Waals surface area (Å²) in [5.41, 5.74) is 0.136. The summed E-state index contributed by atoms with van der Waals surface area (Å²) in [6, 6.07) is 0. The molecule has 2 rings (SSSR count). The monoisotopic (exact) mass is 211 g/mol. The fraction of sp³-hybridized carbons (Fsp3) is 0.917. The maximum atomic E-state index is 11.3. The van der Waals surface area contributed by atoms with Crippen molar-refractivity contribution in [2.75, 3.05) is 20.1 Å². The number of aliphatic carboxylic acids is 1. The van der Waals surface area contributed by atoms with Crippen LogP contribution in [0.2, 0.25) is 0 Å². The average molecular weight is 211 g/mol. The molecule has 0 amide bonds. The Morgan fingerprint density at radius 2 is 1.93 bits per heavy atom. The quantitative estimate of drug-likeness (QED) is 0.721. The molecular formula is C12H21NO2. The Hall–Kier alpha value is -0.570. The lowest BCUT2D eigenvalue weighted by Gasteiger charge is -2.47. The lowest BCUT2D eigenvalue weighted by molar-refractivity contribution is -0.151. The SMILES string of the molecule is CN1CCC2(CCCCC2C(=O)O)CC1. The third-order valence-corrected chi connectivity index (χ3v) is 4.44. The molecule has 1 saturated heterocycles. The summed E-state index contributed by atoms with van der Waals surface area (Å²) < 4.78 is 0. The highest BCUT2D eigenvalue weighted by Gasteiger charge is 2.45. The number of nitrogens with zero attached hydrogens (tertiary/aromatic N) is 1. The highest BCUT2D eigenvalue weighted by atomic mass is 16.4. The van der Waals surface area contributed by atoms with Gasteiger partial charge in [0.15, 0.2) is 0 Å². The van der Waals surface area contributed by atoms with Gasteiger partial charge in [0.25, 0.3) is 0 Å². The summed E-state index contributed by atoms with van der Waals surface area (Å²) in [5.74, 6) is -0.626. The van der Waals surface area contributed by atoms with Crippen LogP contribution in [0.3, 0.4) is 0 Å². The van der Waals surface area contributed by atoms with Gasteiger partial charge < -0.3 is 10.0 Å². The number of hydrogen-bond donors (Lipinski definition) is 1. The smallest absolute Gasteiger partial charge is 0.307 e. The lowest BCUT2D eigenvalue weighted by Crippen LogP contribution is -2.46. The molecule has 0 aromatic carbocycles. The van der Waals surface area contributed by atoms with E-state index < -0.39 is 5.97 Å². The first-order chi connectivity index (χ1) is 7.14. The molecule has 0 aromatic rings. The minimum Gasteiger partial charge on any atom is -0.481 e. The summed E-state index contributed by atoms with van der Waals surface area (Å²) in [5, 5.41) is 9.31. The second-order valence-corrected chi connectivity index (χ2v) is 5.30. The van der Waals surface area contributed by atoms with Crippen LogP contribution in [0.15, 0.2) is 0 Å². The van der Waals surface area contributed by atoms with Crippen molar-refractivity contribution >= 4 is 5.97 Å². The van der Waals surface area contributed by atoms with Gasteiger partial charge in [-0.2, -0.15) is 0 Å². The van der Waals surface area contributed by atoms with E-state index in [1.165, 1.54) is 6.42 Å². The van der Waals surface area contributed by atoms with E-state index in [4.69, 9.17) is 0 Å². The Morgan fingerprint density at radius 1 is 1.27 bits per heavy atom. The fourth-order valence-corrected chi connectivity index (χ4v) is 3.35. The summed E-state index contributed by atoms with van der Waals surface area (Å²) >= 11 is 0. The van der Waals surface area contributed by atoms with E-state index in [2.05, 4.69) is 11.9 Å². The zero-order valence-corrected chi connectivity index (χ0v) is 9.54. The molecule has 1 saturated carbocycles. The van der Waals surface area contributed by atoms with Crippen LogP contribution in [0.25, 0.3) is 0 Å². The summed E-state index contributed by atoms with van der Waals surface area (Å²) in [7, 11) is 2.13. The second kappa shape index (κ2) is 4.12. The predicted octanol–water partition coefficient (Wildman–Crippen LogP) is 1.97. The van der Waals surface area contributed by atoms with Gasteiger partial charge in [0.05, 0.1) is 5.92 Å². The van der Waals surface area contributed by atoms with Gasteiger partial charge in [0.2, 0.25) is 0 Å². The zero-order valence-electron chi connectivity index (χ0n) is 9.54. The van der Waals surface area contributed by atoms with Crippen LogP contribution >= 0.6 is 0 Å². The van der Waals surface area contributed by atoms with Gasteiger partial charge in [0, 0.05) is 0 Å². The molecule has 2 aliphatic rings. The van der Waals surface area contributed by atoms with Crippen molar-refractivity contribution in [3.8, 4) is 0 Å². The van der Waals surface area contributed by atoms with Gasteiger partial charge in [-0.25, -0.2) is 0 Å². The standard InChI is InChI=1S/C12H21NO2/c1-13-8-6-12(7-9-13)5-3-2-4-10(12)11(14)15/h10H,2-9H2,1H3,(H,14,15). The van der Waals surface area contributed by atoms with E-state index in [9.17, 15) is 9.90 Å². The minimum atomic E-state index is -0.556. The summed E-state index contributed by atoms with van der Waals surface area (Å²) in [6.07, 6.45) is 6.54. The number of likely N-dealkylation sites (tertiary alicyclic amines) is 1. The van der Waals surface area contributed by atoms with Crippen molar-refractivity contribution in [2.45, 2.75) is 38.5 Å². The Labute approximate surface area is 91.5 Å². The van der Waals surface area contributed by atoms with Gasteiger partial charge in [-0.15, -0.1) is 0 Å². The number of hydrogen-bond acceptors (Lipinski definition) is 2. The number of piperidine rings is 1. The van der Waals surface area contributed by atoms with Crippen molar-refractivity contribution in [1.29, 1.82) is 0 Å². The molecule has 2 fully saturated rings. The Bertz CT molecular complexity index is 244. The Morgan fingerprint density at radius 3 is 2.53 bits per heavy atom. The van der Waals surface area contributed by atoms with E-state index in [1.54, 1.807) is 0 Å². The molecule has 0 aromatic heterocycles. The third kappa shape index (κ3) is 2.03. The molecule has 1 N–H and O–H groups in total. The first-order valence-electron chi connectivity index (χ1n) is 6.05. The van der Waals surface area contributed by atoms with Crippen LogP contribution in [0, 0.1) is 11.3 Å². The highest BCUT2D eigenvalue weighted by Crippen LogP contribution is 2.48. The van der Waals surface area contributed by atoms with Gasteiger partial charge in [-0.1, -0.05) is 12.8 Å². The first kappa shape index (κ1) is 10.9. The van der Waals surface area contributed by atoms with E-state index in [1.807, 2.05) is 0 Å². The molecule has 1 spiro atoms. The maximum absolute atomic E-state index is 11.3. The molecule has 3 heteroatoms. The van der Waals surface area contributed by atoms with Crippen molar-refractivity contribution in [3.63, 3.8) is 0 Å². The van der Waals surface area contributed by atoms with Gasteiger partial charge >= 0.3 is 5.97 Å². The molecule has 1 atom stereocenters. The summed E-state index contributed by atoms with van der Waals surface area (Å²) in [6.45, 7) is 2.15. The highest BCUT2D eigenvalue weighted by molar-refractivity contribution is 5.71. The molecular weight excluding hydrogens is 190 g/mol. The van der Waals surface area contributed by atoms with E-state index >= 15 is 0 Å².